The third kappa shape index (κ3) is 2.91. The van der Waals surface area contributed by atoms with E-state index in [1.807, 2.05) is 17.7 Å². The third-order valence-electron chi connectivity index (χ3n) is 3.23. The molecule has 0 saturated heterocycles. The van der Waals surface area contributed by atoms with Crippen molar-refractivity contribution in [2.24, 2.45) is 0 Å². The fourth-order valence-corrected chi connectivity index (χ4v) is 2.10. The van der Waals surface area contributed by atoms with E-state index in [0.29, 0.717) is 17.9 Å². The monoisotopic (exact) mass is 284 g/mol. The number of nitrogens with one attached hydrogen (secondary N) is 1. The molecule has 0 spiro atoms. The first-order valence-corrected chi connectivity index (χ1v) is 6.81. The highest BCUT2D eigenvalue weighted by Gasteiger charge is 2.10. The van der Waals surface area contributed by atoms with Crippen molar-refractivity contribution in [3.63, 3.8) is 0 Å². The van der Waals surface area contributed by atoms with Crippen molar-refractivity contribution in [2.75, 3.05) is 6.54 Å². The molecule has 0 radical (unpaired) electrons. The van der Waals surface area contributed by atoms with Crippen LogP contribution in [-0.4, -0.2) is 36.8 Å². The molecule has 1 amide bonds. The lowest BCUT2D eigenvalue weighted by Crippen LogP contribution is -2.25. The van der Waals surface area contributed by atoms with Crippen LogP contribution in [0.3, 0.4) is 0 Å². The molecule has 0 aliphatic carbocycles. The maximum Gasteiger partial charge on any atom is 0.271 e. The van der Waals surface area contributed by atoms with Gasteiger partial charge in [-0.2, -0.15) is 10.2 Å². The molecule has 3 aromatic rings. The predicted octanol–water partition coefficient (Wildman–Crippen LogP) is 1.05. The predicted molar refractivity (Wildman–Crippen MR) is 76.9 cm³/mol. The number of carbonyl (C=O) groups is 1. The van der Waals surface area contributed by atoms with Crippen molar-refractivity contribution in [3.8, 4) is 0 Å². The third-order valence-corrected chi connectivity index (χ3v) is 3.23. The van der Waals surface area contributed by atoms with Crippen molar-refractivity contribution >= 4 is 11.6 Å². The number of amides is 1. The molecule has 0 bridgehead atoms. The van der Waals surface area contributed by atoms with Crippen LogP contribution in [0.4, 0.5) is 0 Å². The van der Waals surface area contributed by atoms with E-state index in [9.17, 15) is 4.79 Å². The molecule has 7 heteroatoms. The zero-order valence-corrected chi connectivity index (χ0v) is 11.7. The molecule has 108 valence electrons. The van der Waals surface area contributed by atoms with E-state index in [-0.39, 0.29) is 5.91 Å². The van der Waals surface area contributed by atoms with E-state index in [0.717, 1.165) is 18.7 Å². The van der Waals surface area contributed by atoms with Gasteiger partial charge in [0.2, 0.25) is 0 Å². The van der Waals surface area contributed by atoms with Gasteiger partial charge in [-0.05, 0) is 25.5 Å². The minimum absolute atomic E-state index is 0.183. The first-order valence-electron chi connectivity index (χ1n) is 6.81. The van der Waals surface area contributed by atoms with E-state index >= 15 is 0 Å². The van der Waals surface area contributed by atoms with Crippen molar-refractivity contribution in [3.05, 3.63) is 48.2 Å². The molecule has 0 aliphatic rings. The highest BCUT2D eigenvalue weighted by Crippen LogP contribution is 2.03. The van der Waals surface area contributed by atoms with Crippen LogP contribution in [0.1, 0.15) is 22.6 Å². The normalized spacial score (nSPS) is 10.9. The summed E-state index contributed by atoms with van der Waals surface area (Å²) in [5.74, 6) is -0.183. The van der Waals surface area contributed by atoms with E-state index < -0.39 is 0 Å². The van der Waals surface area contributed by atoms with Crippen LogP contribution in [0.25, 0.3) is 5.65 Å². The molecule has 0 atom stereocenters. The van der Waals surface area contributed by atoms with Crippen molar-refractivity contribution in [1.82, 2.24) is 29.7 Å². The Morgan fingerprint density at radius 1 is 1.38 bits per heavy atom. The summed E-state index contributed by atoms with van der Waals surface area (Å²) >= 11 is 0. The largest absolute Gasteiger partial charge is 0.351 e. The Labute approximate surface area is 121 Å². The standard InChI is InChI=1S/C14H16N6O/c1-11-4-7-17-19(11)8-3-6-16-14(21)12-10-13-15-5-2-9-20(13)18-12/h2,4-5,7,9-10H,3,6,8H2,1H3,(H,16,21). The van der Waals surface area contributed by atoms with Gasteiger partial charge in [0.1, 0.15) is 0 Å². The van der Waals surface area contributed by atoms with Crippen molar-refractivity contribution < 1.29 is 4.79 Å². The van der Waals surface area contributed by atoms with Gasteiger partial charge >= 0.3 is 0 Å². The number of nitrogens with zero attached hydrogens (tertiary/aromatic N) is 5. The Morgan fingerprint density at radius 3 is 3.05 bits per heavy atom. The number of rotatable bonds is 5. The highest BCUT2D eigenvalue weighted by atomic mass is 16.1. The zero-order chi connectivity index (χ0) is 14.7. The van der Waals surface area contributed by atoms with Crippen molar-refractivity contribution in [1.29, 1.82) is 0 Å². The molecule has 0 aliphatic heterocycles. The Kier molecular flexibility index (Phi) is 3.63. The van der Waals surface area contributed by atoms with Crippen LogP contribution in [0, 0.1) is 6.92 Å². The molecule has 3 rings (SSSR count). The number of hydrogen-bond donors (Lipinski definition) is 1. The van der Waals surface area contributed by atoms with E-state index in [1.165, 1.54) is 0 Å². The molecule has 0 unspecified atom stereocenters. The maximum atomic E-state index is 12.0. The number of aryl methyl sites for hydroxylation is 2. The fraction of sp³-hybridized carbons (Fsp3) is 0.286. The average Bonchev–Trinajstić information content (AvgIpc) is 3.09. The molecule has 3 heterocycles. The van der Waals surface area contributed by atoms with Crippen LogP contribution in [0.2, 0.25) is 0 Å². The van der Waals surface area contributed by atoms with Gasteiger partial charge in [0.25, 0.3) is 5.91 Å². The van der Waals surface area contributed by atoms with Gasteiger partial charge in [-0.3, -0.25) is 9.48 Å². The molecular weight excluding hydrogens is 268 g/mol. The summed E-state index contributed by atoms with van der Waals surface area (Å²) in [5.41, 5.74) is 2.16. The summed E-state index contributed by atoms with van der Waals surface area (Å²) in [5, 5.41) is 11.2. The molecule has 7 nitrogen and oxygen atoms in total. The molecule has 0 saturated carbocycles. The molecule has 0 fully saturated rings. The van der Waals surface area contributed by atoms with Crippen LogP contribution < -0.4 is 5.32 Å². The zero-order valence-electron chi connectivity index (χ0n) is 11.7. The number of hydrogen-bond acceptors (Lipinski definition) is 4. The topological polar surface area (TPSA) is 77.1 Å². The lowest BCUT2D eigenvalue weighted by molar-refractivity contribution is 0.0947. The summed E-state index contributed by atoms with van der Waals surface area (Å²) in [4.78, 5) is 16.1. The van der Waals surface area contributed by atoms with Gasteiger partial charge in [0.15, 0.2) is 11.3 Å². The highest BCUT2D eigenvalue weighted by molar-refractivity contribution is 5.93. The number of aromatic nitrogens is 5. The average molecular weight is 284 g/mol. The van der Waals surface area contributed by atoms with Gasteiger partial charge in [-0.15, -0.1) is 0 Å². The first-order chi connectivity index (χ1) is 10.2. The first kappa shape index (κ1) is 13.3. The summed E-state index contributed by atoms with van der Waals surface area (Å²) in [6, 6.07) is 5.41. The lowest BCUT2D eigenvalue weighted by Gasteiger charge is -2.05. The quantitative estimate of drug-likeness (QED) is 0.711. The summed E-state index contributed by atoms with van der Waals surface area (Å²) in [6.45, 7) is 3.38. The minimum atomic E-state index is -0.183. The lowest BCUT2D eigenvalue weighted by atomic mass is 10.3. The Bertz CT molecular complexity index is 727. The van der Waals surface area contributed by atoms with Gasteiger partial charge in [-0.25, -0.2) is 9.50 Å². The summed E-state index contributed by atoms with van der Waals surface area (Å²) in [7, 11) is 0. The Morgan fingerprint density at radius 2 is 2.29 bits per heavy atom. The summed E-state index contributed by atoms with van der Waals surface area (Å²) in [6.07, 6.45) is 6.03. The SMILES string of the molecule is Cc1ccnn1CCCNC(=O)c1cc2ncccn2n1. The molecular formula is C14H16N6O. The van der Waals surface area contributed by atoms with Crippen LogP contribution in [0.5, 0.6) is 0 Å². The van der Waals surface area contributed by atoms with Gasteiger partial charge in [0.05, 0.1) is 0 Å². The second kappa shape index (κ2) is 5.74. The maximum absolute atomic E-state index is 12.0. The van der Waals surface area contributed by atoms with Crippen molar-refractivity contribution in [2.45, 2.75) is 19.9 Å². The van der Waals surface area contributed by atoms with Gasteiger partial charge in [-0.1, -0.05) is 0 Å². The summed E-state index contributed by atoms with van der Waals surface area (Å²) < 4.78 is 3.50. The smallest absolute Gasteiger partial charge is 0.271 e. The second-order valence-electron chi connectivity index (χ2n) is 4.76. The second-order valence-corrected chi connectivity index (χ2v) is 4.76. The van der Waals surface area contributed by atoms with Crippen LogP contribution in [-0.2, 0) is 6.54 Å². The Balaban J connectivity index is 1.53. The van der Waals surface area contributed by atoms with E-state index in [2.05, 4.69) is 20.5 Å². The van der Waals surface area contributed by atoms with Gasteiger partial charge < -0.3 is 5.32 Å². The number of carbonyl (C=O) groups excluding carboxylic acids is 1. The molecule has 1 N–H and O–H groups in total. The molecule has 3 aromatic heterocycles. The Hall–Kier alpha value is -2.70. The fourth-order valence-electron chi connectivity index (χ4n) is 2.10. The van der Waals surface area contributed by atoms with E-state index in [4.69, 9.17) is 0 Å². The number of fused-ring (bicyclic) bond motifs is 1. The molecule has 0 aromatic carbocycles. The van der Waals surface area contributed by atoms with Crippen LogP contribution in [0.15, 0.2) is 36.8 Å². The van der Waals surface area contributed by atoms with Gasteiger partial charge in [0, 0.05) is 43.4 Å². The minimum Gasteiger partial charge on any atom is -0.351 e. The van der Waals surface area contributed by atoms with E-state index in [1.54, 1.807) is 35.2 Å². The molecule has 21 heavy (non-hydrogen) atoms. The van der Waals surface area contributed by atoms with Crippen LogP contribution >= 0.6 is 0 Å².